The second-order valence-electron chi connectivity index (χ2n) is 21.0. The minimum atomic E-state index is -0.755. The summed E-state index contributed by atoms with van der Waals surface area (Å²) < 4.78 is 44.9. The predicted octanol–water partition coefficient (Wildman–Crippen LogP) is 6.83. The van der Waals surface area contributed by atoms with Crippen LogP contribution in [0.2, 0.25) is 0 Å². The first-order valence-corrected chi connectivity index (χ1v) is 25.9. The predicted molar refractivity (Wildman–Crippen MR) is 286 cm³/mol. The van der Waals surface area contributed by atoms with Gasteiger partial charge in [0.05, 0.1) is 43.8 Å². The first kappa shape index (κ1) is 49.3. The van der Waals surface area contributed by atoms with Crippen LogP contribution in [-0.2, 0) is 24.4 Å². The van der Waals surface area contributed by atoms with E-state index in [1.165, 1.54) is 69.2 Å². The average Bonchev–Trinajstić information content (AvgIpc) is 3.57. The van der Waals surface area contributed by atoms with Gasteiger partial charge in [0.25, 0.3) is 16.7 Å². The van der Waals surface area contributed by atoms with Crippen molar-refractivity contribution in [1.29, 1.82) is 0 Å². The molecule has 9 aromatic heterocycles. The number of hydrogen-bond donors (Lipinski definition) is 2. The fourth-order valence-electron chi connectivity index (χ4n) is 11.0. The minimum absolute atomic E-state index is 0.0227. The summed E-state index contributed by atoms with van der Waals surface area (Å²) in [4.78, 5) is 71.9. The molecular formula is C57H49F2N15O5. The van der Waals surface area contributed by atoms with E-state index in [1.807, 2.05) is 24.3 Å². The van der Waals surface area contributed by atoms with Gasteiger partial charge in [-0.05, 0) is 116 Å². The Morgan fingerprint density at radius 3 is 1.65 bits per heavy atom. The average molecular weight is 1060 g/mol. The number of anilines is 2. The minimum Gasteiger partial charge on any atom is -0.461 e. The monoisotopic (exact) mass is 1060 g/mol. The molecule has 2 N–H and O–H groups in total. The lowest BCUT2D eigenvalue weighted by molar-refractivity contribution is 0.00169. The van der Waals surface area contributed by atoms with Crippen molar-refractivity contribution in [3.05, 3.63) is 182 Å². The van der Waals surface area contributed by atoms with Gasteiger partial charge >= 0.3 is 6.01 Å². The van der Waals surface area contributed by atoms with E-state index in [9.17, 15) is 18.8 Å². The molecule has 9 heterocycles. The maximum atomic E-state index is 16.6. The Hall–Kier alpha value is -9.31. The van der Waals surface area contributed by atoms with Gasteiger partial charge in [0.2, 0.25) is 0 Å². The summed E-state index contributed by atoms with van der Waals surface area (Å²) in [5.74, 6) is 1.72. The standard InChI is InChI=1S/C57H49F2N15O5/c1-78-10-11-79-55-65-27-40(28-66-55)45-6-9-49(75)72(69-45)32-35-13-44(59)54(64-24-35)43-15-51(77)73(71-53(43)39-4-8-48(63-26-39)68-57-19-37(20-57)21-57)30-33-2-5-46(61-23-33)42-14-50(76)74(31-34-12-41(58)29-60-22-34)70-52(42)38-3-7-47(62-25-38)67-56-16-36(17-56)18-56/h2-9,12-15,22-29,36-37H,10-11,16-21,30-32H2,1H3,(H,62,67)(H,63,68). The molecule has 0 atom stereocenters. The number of ether oxygens (including phenoxy) is 2. The van der Waals surface area contributed by atoms with E-state index in [0.29, 0.717) is 68.5 Å². The van der Waals surface area contributed by atoms with E-state index in [0.717, 1.165) is 62.4 Å². The highest BCUT2D eigenvalue weighted by molar-refractivity contribution is 5.80. The zero-order valence-electron chi connectivity index (χ0n) is 42.6. The molecular weight excluding hydrogens is 1010 g/mol. The highest BCUT2D eigenvalue weighted by Gasteiger charge is 2.57. The van der Waals surface area contributed by atoms with Gasteiger partial charge in [0, 0.05) is 108 Å². The van der Waals surface area contributed by atoms with Crippen LogP contribution in [0, 0.1) is 23.5 Å². The lowest BCUT2D eigenvalue weighted by Gasteiger charge is -2.62. The van der Waals surface area contributed by atoms with Gasteiger partial charge < -0.3 is 20.1 Å². The van der Waals surface area contributed by atoms with Gasteiger partial charge in [-0.2, -0.15) is 15.3 Å². The molecule has 0 aliphatic heterocycles. The quantitative estimate of drug-likeness (QED) is 0.0789. The molecule has 396 valence electrons. The maximum Gasteiger partial charge on any atom is 0.316 e. The first-order valence-electron chi connectivity index (χ1n) is 25.9. The van der Waals surface area contributed by atoms with Crippen LogP contribution in [0.1, 0.15) is 55.2 Å². The molecule has 9 aromatic rings. The number of pyridine rings is 5. The Kier molecular flexibility index (Phi) is 12.4. The zero-order valence-corrected chi connectivity index (χ0v) is 42.6. The fourth-order valence-corrected chi connectivity index (χ4v) is 11.0. The van der Waals surface area contributed by atoms with E-state index in [-0.39, 0.29) is 60.3 Å². The van der Waals surface area contributed by atoms with Crippen molar-refractivity contribution in [3.8, 4) is 62.3 Å². The van der Waals surface area contributed by atoms with Gasteiger partial charge in [-0.3, -0.25) is 29.3 Å². The molecule has 6 aliphatic carbocycles. The Morgan fingerprint density at radius 1 is 0.519 bits per heavy atom. The van der Waals surface area contributed by atoms with Crippen LogP contribution in [0.15, 0.2) is 137 Å². The van der Waals surface area contributed by atoms with Crippen LogP contribution in [0.5, 0.6) is 6.01 Å². The van der Waals surface area contributed by atoms with E-state index in [4.69, 9.17) is 34.6 Å². The van der Waals surface area contributed by atoms with Crippen molar-refractivity contribution < 1.29 is 18.3 Å². The topological polar surface area (TPSA) is 237 Å². The summed E-state index contributed by atoms with van der Waals surface area (Å²) in [5.41, 5.74) is 3.80. The summed E-state index contributed by atoms with van der Waals surface area (Å²) in [6.07, 6.45) is 18.7. The number of halogens is 2. The Balaban J connectivity index is 0.792. The van der Waals surface area contributed by atoms with Crippen molar-refractivity contribution >= 4 is 11.6 Å². The number of hydrogen-bond acceptors (Lipinski definition) is 17. The molecule has 79 heavy (non-hydrogen) atoms. The molecule has 4 bridgehead atoms. The molecule has 0 radical (unpaired) electrons. The Morgan fingerprint density at radius 2 is 1.09 bits per heavy atom. The molecule has 15 rings (SSSR count). The molecule has 0 aromatic carbocycles. The normalized spacial score (nSPS) is 19.3. The van der Waals surface area contributed by atoms with Gasteiger partial charge in [-0.15, -0.1) is 0 Å². The third kappa shape index (κ3) is 9.90. The summed E-state index contributed by atoms with van der Waals surface area (Å²) in [7, 11) is 1.56. The second-order valence-corrected chi connectivity index (χ2v) is 21.0. The van der Waals surface area contributed by atoms with Crippen molar-refractivity contribution in [1.82, 2.24) is 64.2 Å². The third-order valence-corrected chi connectivity index (χ3v) is 15.3. The lowest BCUT2D eigenvalue weighted by atomic mass is 9.50. The van der Waals surface area contributed by atoms with Gasteiger partial charge in [0.1, 0.15) is 47.0 Å². The number of methoxy groups -OCH3 is 1. The number of aromatic nitrogens is 13. The molecule has 6 aliphatic rings. The second kappa shape index (κ2) is 19.9. The van der Waals surface area contributed by atoms with Crippen LogP contribution in [0.25, 0.3) is 56.3 Å². The molecule has 20 nitrogen and oxygen atoms in total. The Labute approximate surface area is 448 Å². The highest BCUT2D eigenvalue weighted by atomic mass is 19.1. The molecule has 0 saturated heterocycles. The third-order valence-electron chi connectivity index (χ3n) is 15.3. The van der Waals surface area contributed by atoms with Gasteiger partial charge in [-0.1, -0.05) is 6.07 Å². The van der Waals surface area contributed by atoms with Crippen LogP contribution in [0.3, 0.4) is 0 Å². The molecule has 0 amide bonds. The first-order chi connectivity index (χ1) is 38.4. The van der Waals surface area contributed by atoms with E-state index in [2.05, 4.69) is 35.7 Å². The molecule has 6 fully saturated rings. The van der Waals surface area contributed by atoms with Crippen LogP contribution in [-0.4, -0.2) is 95.6 Å². The van der Waals surface area contributed by atoms with Crippen LogP contribution >= 0.6 is 0 Å². The van der Waals surface area contributed by atoms with Crippen molar-refractivity contribution in [2.45, 2.75) is 69.2 Å². The van der Waals surface area contributed by atoms with Gasteiger partial charge in [-0.25, -0.2) is 42.8 Å². The molecule has 0 spiro atoms. The summed E-state index contributed by atoms with van der Waals surface area (Å²) >= 11 is 0. The number of rotatable bonds is 19. The van der Waals surface area contributed by atoms with Crippen molar-refractivity contribution in [3.63, 3.8) is 0 Å². The largest absolute Gasteiger partial charge is 0.461 e. The van der Waals surface area contributed by atoms with E-state index >= 15 is 4.39 Å². The molecule has 0 unspecified atom stereocenters. The van der Waals surface area contributed by atoms with E-state index < -0.39 is 28.3 Å². The SMILES string of the molecule is COCCOc1ncc(-c2ccc(=O)n(Cc3cnc(-c4cc(=O)n(Cc5ccc(-c6cc(=O)n(Cc7cncc(F)c7)nc6-c6ccc(NC78CC(C7)C8)nc6)nc5)nc4-c4ccc(NC56CC(C5)C6)nc4)c(F)c3)n2)cn1. The molecule has 22 heteroatoms. The number of nitrogens with zero attached hydrogens (tertiary/aromatic N) is 13. The van der Waals surface area contributed by atoms with Crippen molar-refractivity contribution in [2.75, 3.05) is 31.0 Å². The van der Waals surface area contributed by atoms with Crippen molar-refractivity contribution in [2.24, 2.45) is 11.8 Å². The highest BCUT2D eigenvalue weighted by Crippen LogP contribution is 2.59. The smallest absolute Gasteiger partial charge is 0.316 e. The zero-order chi connectivity index (χ0) is 53.8. The van der Waals surface area contributed by atoms with Crippen LogP contribution in [0.4, 0.5) is 20.4 Å². The summed E-state index contributed by atoms with van der Waals surface area (Å²) in [6.45, 7) is 0.480. The summed E-state index contributed by atoms with van der Waals surface area (Å²) in [6, 6.07) is 19.3. The van der Waals surface area contributed by atoms with E-state index in [1.54, 1.807) is 43.9 Å². The fraction of sp³-hybridized carbons (Fsp3) is 0.281. The maximum absolute atomic E-state index is 16.6. The number of nitrogens with one attached hydrogen (secondary N) is 2. The Bertz CT molecular complexity index is 3960. The van der Waals surface area contributed by atoms with Gasteiger partial charge in [0.15, 0.2) is 0 Å². The van der Waals surface area contributed by atoms with Crippen LogP contribution < -0.4 is 32.0 Å². The molecule has 6 saturated carbocycles. The summed E-state index contributed by atoms with van der Waals surface area (Å²) in [5, 5.41) is 21.2. The lowest BCUT2D eigenvalue weighted by Crippen LogP contribution is -2.63.